The van der Waals surface area contributed by atoms with Crippen LogP contribution >= 0.6 is 11.6 Å². The van der Waals surface area contributed by atoms with Crippen LogP contribution in [0.3, 0.4) is 0 Å². The van der Waals surface area contributed by atoms with E-state index in [9.17, 15) is 0 Å². The lowest BCUT2D eigenvalue weighted by Crippen LogP contribution is -1.96. The van der Waals surface area contributed by atoms with Crippen molar-refractivity contribution in [3.05, 3.63) is 41.2 Å². The van der Waals surface area contributed by atoms with Crippen LogP contribution in [0.5, 0.6) is 5.75 Å². The van der Waals surface area contributed by atoms with Gasteiger partial charge in [-0.3, -0.25) is 0 Å². The minimum absolute atomic E-state index is 0.609. The van der Waals surface area contributed by atoms with E-state index in [4.69, 9.17) is 16.3 Å². The summed E-state index contributed by atoms with van der Waals surface area (Å²) in [6.07, 6.45) is 0. The van der Waals surface area contributed by atoms with Crippen molar-refractivity contribution in [3.63, 3.8) is 0 Å². The second-order valence-electron chi connectivity index (χ2n) is 3.22. The molecule has 0 amide bonds. The van der Waals surface area contributed by atoms with Crippen molar-refractivity contribution in [3.8, 4) is 11.4 Å². The fourth-order valence-corrected chi connectivity index (χ4v) is 1.67. The van der Waals surface area contributed by atoms with Crippen molar-refractivity contribution in [2.24, 2.45) is 0 Å². The molecule has 0 radical (unpaired) electrons. The summed E-state index contributed by atoms with van der Waals surface area (Å²) in [7, 11) is 1.64. The summed E-state index contributed by atoms with van der Waals surface area (Å²) < 4.78 is 6.77. The second kappa shape index (κ2) is 3.95. The number of aryl methyl sites for hydroxylation is 1. The van der Waals surface area contributed by atoms with Gasteiger partial charge in [0.2, 0.25) is 0 Å². The van der Waals surface area contributed by atoms with Gasteiger partial charge in [-0.05, 0) is 37.3 Å². The molecule has 0 aliphatic rings. The molecule has 0 atom stereocenters. The van der Waals surface area contributed by atoms with Gasteiger partial charge in [0.15, 0.2) is 0 Å². The smallest absolute Gasteiger partial charge is 0.133 e. The normalized spacial score (nSPS) is 10.3. The average molecular weight is 223 g/mol. The van der Waals surface area contributed by atoms with Crippen LogP contribution in [0.1, 0.15) is 5.69 Å². The van der Waals surface area contributed by atoms with Crippen LogP contribution in [0.2, 0.25) is 5.15 Å². The first-order valence-electron chi connectivity index (χ1n) is 4.57. The fraction of sp³-hybridized carbons (Fsp3) is 0.182. The monoisotopic (exact) mass is 222 g/mol. The summed E-state index contributed by atoms with van der Waals surface area (Å²) in [4.78, 5) is 0. The Morgan fingerprint density at radius 2 is 1.93 bits per heavy atom. The van der Waals surface area contributed by atoms with E-state index in [-0.39, 0.29) is 0 Å². The summed E-state index contributed by atoms with van der Waals surface area (Å²) in [5.74, 6) is 0.818. The van der Waals surface area contributed by atoms with Crippen LogP contribution in [0.25, 0.3) is 5.69 Å². The first-order chi connectivity index (χ1) is 7.20. The van der Waals surface area contributed by atoms with Crippen molar-refractivity contribution in [1.82, 2.24) is 9.78 Å². The van der Waals surface area contributed by atoms with E-state index < -0.39 is 0 Å². The Hall–Kier alpha value is -1.48. The molecule has 1 aromatic carbocycles. The fourth-order valence-electron chi connectivity index (χ4n) is 1.37. The average Bonchev–Trinajstić information content (AvgIpc) is 2.58. The Morgan fingerprint density at radius 3 is 2.40 bits per heavy atom. The largest absolute Gasteiger partial charge is 0.497 e. The van der Waals surface area contributed by atoms with Gasteiger partial charge in [-0.15, -0.1) is 0 Å². The highest BCUT2D eigenvalue weighted by Crippen LogP contribution is 2.19. The standard InChI is InChI=1S/C11H11ClN2O/c1-8-7-11(12)14(13-8)9-3-5-10(15-2)6-4-9/h3-7H,1-2H3. The summed E-state index contributed by atoms with van der Waals surface area (Å²) in [5, 5.41) is 4.89. The van der Waals surface area contributed by atoms with Gasteiger partial charge in [-0.2, -0.15) is 5.10 Å². The molecule has 0 saturated carbocycles. The lowest BCUT2D eigenvalue weighted by molar-refractivity contribution is 0.414. The zero-order chi connectivity index (χ0) is 10.8. The second-order valence-corrected chi connectivity index (χ2v) is 3.61. The van der Waals surface area contributed by atoms with Gasteiger partial charge in [0.1, 0.15) is 10.9 Å². The molecular formula is C11H11ClN2O. The lowest BCUT2D eigenvalue weighted by Gasteiger charge is -2.04. The topological polar surface area (TPSA) is 27.1 Å². The van der Waals surface area contributed by atoms with Crippen LogP contribution < -0.4 is 4.74 Å². The highest BCUT2D eigenvalue weighted by atomic mass is 35.5. The predicted octanol–water partition coefficient (Wildman–Crippen LogP) is 2.84. The molecule has 0 aliphatic carbocycles. The third kappa shape index (κ3) is 1.97. The Morgan fingerprint density at radius 1 is 1.27 bits per heavy atom. The van der Waals surface area contributed by atoms with E-state index >= 15 is 0 Å². The highest BCUT2D eigenvalue weighted by Gasteiger charge is 2.04. The van der Waals surface area contributed by atoms with E-state index in [0.717, 1.165) is 17.1 Å². The minimum Gasteiger partial charge on any atom is -0.497 e. The molecular weight excluding hydrogens is 212 g/mol. The van der Waals surface area contributed by atoms with Crippen molar-refractivity contribution in [1.29, 1.82) is 0 Å². The molecule has 1 aromatic heterocycles. The third-order valence-corrected chi connectivity index (χ3v) is 2.37. The number of rotatable bonds is 2. The Balaban J connectivity index is 2.41. The molecule has 15 heavy (non-hydrogen) atoms. The van der Waals surface area contributed by atoms with Crippen LogP contribution in [-0.2, 0) is 0 Å². The Labute approximate surface area is 93.2 Å². The number of hydrogen-bond acceptors (Lipinski definition) is 2. The van der Waals surface area contributed by atoms with Crippen LogP contribution in [0.4, 0.5) is 0 Å². The molecule has 1 heterocycles. The zero-order valence-corrected chi connectivity index (χ0v) is 9.32. The summed E-state index contributed by atoms with van der Waals surface area (Å²) in [6.45, 7) is 1.91. The number of halogens is 1. The Bertz CT molecular complexity index is 462. The maximum atomic E-state index is 6.02. The van der Waals surface area contributed by atoms with Crippen molar-refractivity contribution in [2.45, 2.75) is 6.92 Å². The molecule has 78 valence electrons. The summed E-state index contributed by atoms with van der Waals surface area (Å²) in [5.41, 5.74) is 1.82. The molecule has 0 saturated heterocycles. The van der Waals surface area contributed by atoms with Gasteiger partial charge >= 0.3 is 0 Å². The van der Waals surface area contributed by atoms with Gasteiger partial charge in [0.05, 0.1) is 18.5 Å². The number of nitrogens with zero attached hydrogens (tertiary/aromatic N) is 2. The van der Waals surface area contributed by atoms with Crippen LogP contribution in [-0.4, -0.2) is 16.9 Å². The first kappa shape index (κ1) is 10.1. The van der Waals surface area contributed by atoms with Crippen LogP contribution in [0, 0.1) is 6.92 Å². The number of ether oxygens (including phenoxy) is 1. The number of benzene rings is 1. The summed E-state index contributed by atoms with van der Waals surface area (Å²) >= 11 is 6.02. The van der Waals surface area contributed by atoms with Crippen molar-refractivity contribution >= 4 is 11.6 Å². The molecule has 0 bridgehead atoms. The van der Waals surface area contributed by atoms with Crippen molar-refractivity contribution in [2.75, 3.05) is 7.11 Å². The van der Waals surface area contributed by atoms with Gasteiger partial charge < -0.3 is 4.74 Å². The van der Waals surface area contributed by atoms with E-state index in [0.29, 0.717) is 5.15 Å². The number of aromatic nitrogens is 2. The van der Waals surface area contributed by atoms with Crippen molar-refractivity contribution < 1.29 is 4.74 Å². The van der Waals surface area contributed by atoms with Crippen LogP contribution in [0.15, 0.2) is 30.3 Å². The molecule has 0 unspecified atom stereocenters. The van der Waals surface area contributed by atoms with E-state index in [2.05, 4.69) is 5.10 Å². The number of methoxy groups -OCH3 is 1. The minimum atomic E-state index is 0.609. The molecule has 2 aromatic rings. The van der Waals surface area contributed by atoms with E-state index in [1.807, 2.05) is 37.3 Å². The molecule has 3 nitrogen and oxygen atoms in total. The molecule has 0 spiro atoms. The predicted molar refractivity (Wildman–Crippen MR) is 59.9 cm³/mol. The summed E-state index contributed by atoms with van der Waals surface area (Å²) in [6, 6.07) is 9.41. The first-order valence-corrected chi connectivity index (χ1v) is 4.95. The maximum absolute atomic E-state index is 6.02. The SMILES string of the molecule is COc1ccc(-n2nc(C)cc2Cl)cc1. The highest BCUT2D eigenvalue weighted by molar-refractivity contribution is 6.29. The molecule has 0 fully saturated rings. The van der Waals surface area contributed by atoms with E-state index in [1.54, 1.807) is 11.8 Å². The zero-order valence-electron chi connectivity index (χ0n) is 8.57. The van der Waals surface area contributed by atoms with Gasteiger partial charge in [-0.1, -0.05) is 11.6 Å². The molecule has 0 aliphatic heterocycles. The quantitative estimate of drug-likeness (QED) is 0.781. The maximum Gasteiger partial charge on any atom is 0.133 e. The van der Waals surface area contributed by atoms with E-state index in [1.165, 1.54) is 0 Å². The molecule has 0 N–H and O–H groups in total. The van der Waals surface area contributed by atoms with Gasteiger partial charge in [0, 0.05) is 0 Å². The number of hydrogen-bond donors (Lipinski definition) is 0. The van der Waals surface area contributed by atoms with Gasteiger partial charge in [-0.25, -0.2) is 4.68 Å². The Kier molecular flexibility index (Phi) is 2.64. The molecule has 2 rings (SSSR count). The van der Waals surface area contributed by atoms with Gasteiger partial charge in [0.25, 0.3) is 0 Å². The lowest BCUT2D eigenvalue weighted by atomic mass is 10.3. The molecule has 4 heteroatoms. The third-order valence-electron chi connectivity index (χ3n) is 2.11.